The molecule has 1 amide bonds. The molecule has 6 nitrogen and oxygen atoms in total. The minimum atomic E-state index is -0.0354. The second-order valence-corrected chi connectivity index (χ2v) is 7.61. The van der Waals surface area contributed by atoms with Crippen LogP contribution in [0.4, 0.5) is 0 Å². The van der Waals surface area contributed by atoms with E-state index in [4.69, 9.17) is 8.94 Å². The van der Waals surface area contributed by atoms with Crippen LogP contribution in [0, 0.1) is 13.8 Å². The maximum Gasteiger partial charge on any atom is 0.289 e. The highest BCUT2D eigenvalue weighted by molar-refractivity contribution is 9.10. The summed E-state index contributed by atoms with van der Waals surface area (Å²) in [5, 5.41) is 5.01. The number of amides is 1. The molecular formula is C19H20BrN3O3. The highest BCUT2D eigenvalue weighted by Gasteiger charge is 2.27. The summed E-state index contributed by atoms with van der Waals surface area (Å²) in [5.41, 5.74) is 2.57. The average Bonchev–Trinajstić information content (AvgIpc) is 3.18. The number of hydrogen-bond acceptors (Lipinski definition) is 5. The van der Waals surface area contributed by atoms with E-state index in [9.17, 15) is 4.79 Å². The SMILES string of the molecule is Cc1cc(CN2CCN(C(=O)c3oc4ccc(Br)cc4c3C)CC2)no1. The first-order valence-electron chi connectivity index (χ1n) is 8.64. The van der Waals surface area contributed by atoms with E-state index in [1.54, 1.807) is 0 Å². The Morgan fingerprint density at radius 3 is 2.65 bits per heavy atom. The number of carbonyl (C=O) groups is 1. The topological polar surface area (TPSA) is 62.7 Å². The molecule has 3 heterocycles. The molecule has 1 fully saturated rings. The van der Waals surface area contributed by atoms with Crippen LogP contribution in [0.15, 0.2) is 37.7 Å². The molecule has 1 aromatic carbocycles. The van der Waals surface area contributed by atoms with E-state index < -0.39 is 0 Å². The fraction of sp³-hybridized carbons (Fsp3) is 0.368. The van der Waals surface area contributed by atoms with Crippen molar-refractivity contribution < 1.29 is 13.7 Å². The van der Waals surface area contributed by atoms with Gasteiger partial charge in [0.05, 0.1) is 5.69 Å². The Labute approximate surface area is 159 Å². The number of halogens is 1. The second kappa shape index (κ2) is 6.89. The van der Waals surface area contributed by atoms with Crippen molar-refractivity contribution >= 4 is 32.8 Å². The molecule has 0 spiro atoms. The lowest BCUT2D eigenvalue weighted by Gasteiger charge is -2.33. The van der Waals surface area contributed by atoms with Crippen molar-refractivity contribution in [3.8, 4) is 0 Å². The Hall–Kier alpha value is -2.12. The predicted octanol–water partition coefficient (Wildman–Crippen LogP) is 3.76. The molecule has 136 valence electrons. The van der Waals surface area contributed by atoms with E-state index in [-0.39, 0.29) is 5.91 Å². The molecule has 0 aliphatic carbocycles. The third kappa shape index (κ3) is 3.29. The standard InChI is InChI=1S/C19H20BrN3O3/c1-12-9-15(21-26-12)11-22-5-7-23(8-6-22)19(24)18-13(2)16-10-14(20)3-4-17(16)25-18/h3-4,9-10H,5-8,11H2,1-2H3. The normalized spacial score (nSPS) is 15.7. The highest BCUT2D eigenvalue weighted by Crippen LogP contribution is 2.29. The number of furan rings is 1. The van der Waals surface area contributed by atoms with Crippen molar-refractivity contribution in [3.05, 3.63) is 51.5 Å². The summed E-state index contributed by atoms with van der Waals surface area (Å²) < 4.78 is 11.9. The minimum absolute atomic E-state index is 0.0354. The van der Waals surface area contributed by atoms with Gasteiger partial charge < -0.3 is 13.8 Å². The van der Waals surface area contributed by atoms with E-state index in [0.717, 1.165) is 52.1 Å². The van der Waals surface area contributed by atoms with Gasteiger partial charge in [0.15, 0.2) is 5.76 Å². The number of aryl methyl sites for hydroxylation is 2. The molecule has 1 aliphatic heterocycles. The van der Waals surface area contributed by atoms with Gasteiger partial charge in [-0.2, -0.15) is 0 Å². The van der Waals surface area contributed by atoms with Crippen molar-refractivity contribution in [2.45, 2.75) is 20.4 Å². The quantitative estimate of drug-likeness (QED) is 0.648. The molecule has 0 bridgehead atoms. The summed E-state index contributed by atoms with van der Waals surface area (Å²) in [4.78, 5) is 17.1. The lowest BCUT2D eigenvalue weighted by molar-refractivity contribution is 0.0596. The number of piperazine rings is 1. The van der Waals surface area contributed by atoms with Crippen molar-refractivity contribution in [2.24, 2.45) is 0 Å². The van der Waals surface area contributed by atoms with E-state index in [2.05, 4.69) is 26.0 Å². The van der Waals surface area contributed by atoms with Gasteiger partial charge in [-0.05, 0) is 32.0 Å². The zero-order valence-corrected chi connectivity index (χ0v) is 16.4. The van der Waals surface area contributed by atoms with Crippen molar-refractivity contribution in [1.29, 1.82) is 0 Å². The summed E-state index contributed by atoms with van der Waals surface area (Å²) in [6, 6.07) is 7.75. The molecule has 2 aromatic heterocycles. The van der Waals surface area contributed by atoms with Crippen LogP contribution in [0.1, 0.15) is 27.6 Å². The number of aromatic nitrogens is 1. The Kier molecular flexibility index (Phi) is 4.58. The zero-order chi connectivity index (χ0) is 18.3. The molecule has 0 atom stereocenters. The van der Waals surface area contributed by atoms with Gasteiger partial charge in [-0.15, -0.1) is 0 Å². The number of rotatable bonds is 3. The first-order valence-corrected chi connectivity index (χ1v) is 9.43. The highest BCUT2D eigenvalue weighted by atomic mass is 79.9. The maximum atomic E-state index is 12.9. The monoisotopic (exact) mass is 417 g/mol. The lowest BCUT2D eigenvalue weighted by Crippen LogP contribution is -2.48. The largest absolute Gasteiger partial charge is 0.451 e. The van der Waals surface area contributed by atoms with E-state index in [1.807, 2.05) is 43.0 Å². The molecule has 0 unspecified atom stereocenters. The third-order valence-electron chi connectivity index (χ3n) is 4.81. The summed E-state index contributed by atoms with van der Waals surface area (Å²) in [6.45, 7) is 7.55. The van der Waals surface area contributed by atoms with Crippen LogP contribution in [0.25, 0.3) is 11.0 Å². The molecule has 0 N–H and O–H groups in total. The number of benzene rings is 1. The molecule has 3 aromatic rings. The Bertz CT molecular complexity index is 954. The predicted molar refractivity (Wildman–Crippen MR) is 101 cm³/mol. The van der Waals surface area contributed by atoms with Gasteiger partial charge in [-0.1, -0.05) is 21.1 Å². The average molecular weight is 418 g/mol. The number of fused-ring (bicyclic) bond motifs is 1. The van der Waals surface area contributed by atoms with E-state index in [1.165, 1.54) is 0 Å². The summed E-state index contributed by atoms with van der Waals surface area (Å²) in [7, 11) is 0. The van der Waals surface area contributed by atoms with Gasteiger partial charge in [0.2, 0.25) is 0 Å². The summed E-state index contributed by atoms with van der Waals surface area (Å²) in [6.07, 6.45) is 0. The molecule has 26 heavy (non-hydrogen) atoms. The third-order valence-corrected chi connectivity index (χ3v) is 5.31. The van der Waals surface area contributed by atoms with Crippen LogP contribution in [-0.4, -0.2) is 47.0 Å². The van der Waals surface area contributed by atoms with E-state index in [0.29, 0.717) is 18.8 Å². The van der Waals surface area contributed by atoms with Crippen molar-refractivity contribution in [1.82, 2.24) is 15.0 Å². The van der Waals surface area contributed by atoms with Gasteiger partial charge in [0.1, 0.15) is 11.3 Å². The molecule has 0 saturated carbocycles. The molecule has 4 rings (SSSR count). The molecule has 1 saturated heterocycles. The van der Waals surface area contributed by atoms with Gasteiger partial charge in [0.25, 0.3) is 5.91 Å². The van der Waals surface area contributed by atoms with E-state index >= 15 is 0 Å². The fourth-order valence-corrected chi connectivity index (χ4v) is 3.73. The summed E-state index contributed by atoms with van der Waals surface area (Å²) in [5.74, 6) is 1.23. The van der Waals surface area contributed by atoms with Crippen LogP contribution in [-0.2, 0) is 6.54 Å². The Morgan fingerprint density at radius 1 is 1.19 bits per heavy atom. The molecule has 1 aliphatic rings. The molecule has 7 heteroatoms. The minimum Gasteiger partial charge on any atom is -0.451 e. The fourth-order valence-electron chi connectivity index (χ4n) is 3.37. The maximum absolute atomic E-state index is 12.9. The van der Waals surface area contributed by atoms with Gasteiger partial charge >= 0.3 is 0 Å². The van der Waals surface area contributed by atoms with Crippen LogP contribution in [0.5, 0.6) is 0 Å². The van der Waals surface area contributed by atoms with Gasteiger partial charge in [-0.3, -0.25) is 9.69 Å². The van der Waals surface area contributed by atoms with Crippen molar-refractivity contribution in [2.75, 3.05) is 26.2 Å². The van der Waals surface area contributed by atoms with Crippen LogP contribution in [0.3, 0.4) is 0 Å². The van der Waals surface area contributed by atoms with Crippen LogP contribution < -0.4 is 0 Å². The Morgan fingerprint density at radius 2 is 1.96 bits per heavy atom. The zero-order valence-electron chi connectivity index (χ0n) is 14.8. The van der Waals surface area contributed by atoms with Gasteiger partial charge in [0, 0.05) is 54.2 Å². The van der Waals surface area contributed by atoms with Crippen LogP contribution >= 0.6 is 15.9 Å². The first kappa shape index (κ1) is 17.3. The molecule has 0 radical (unpaired) electrons. The van der Waals surface area contributed by atoms with Gasteiger partial charge in [-0.25, -0.2) is 0 Å². The smallest absolute Gasteiger partial charge is 0.289 e. The molecular weight excluding hydrogens is 398 g/mol. The lowest BCUT2D eigenvalue weighted by atomic mass is 10.1. The van der Waals surface area contributed by atoms with Crippen molar-refractivity contribution in [3.63, 3.8) is 0 Å². The first-order chi connectivity index (χ1) is 12.5. The Balaban J connectivity index is 1.44. The van der Waals surface area contributed by atoms with Crippen LogP contribution in [0.2, 0.25) is 0 Å². The number of hydrogen-bond donors (Lipinski definition) is 0. The number of carbonyl (C=O) groups excluding carboxylic acids is 1. The second-order valence-electron chi connectivity index (χ2n) is 6.69. The summed E-state index contributed by atoms with van der Waals surface area (Å²) >= 11 is 3.47. The number of nitrogens with zero attached hydrogens (tertiary/aromatic N) is 3.